The van der Waals surface area contributed by atoms with E-state index in [1.54, 1.807) is 13.0 Å². The molecule has 0 bridgehead atoms. The van der Waals surface area contributed by atoms with Gasteiger partial charge >= 0.3 is 5.97 Å². The molecule has 1 aromatic heterocycles. The molecule has 0 saturated heterocycles. The molecule has 15 heavy (non-hydrogen) atoms. The second kappa shape index (κ2) is 5.59. The molecule has 0 aromatic carbocycles. The van der Waals surface area contributed by atoms with E-state index >= 15 is 0 Å². The Kier molecular flexibility index (Phi) is 4.41. The van der Waals surface area contributed by atoms with Crippen molar-refractivity contribution in [1.82, 2.24) is 4.98 Å². The molecule has 0 fully saturated rings. The van der Waals surface area contributed by atoms with Crippen LogP contribution in [0.25, 0.3) is 0 Å². The third-order valence-corrected chi connectivity index (χ3v) is 2.19. The zero-order chi connectivity index (χ0) is 11.3. The summed E-state index contributed by atoms with van der Waals surface area (Å²) < 4.78 is 4.63. The second-order valence-corrected chi connectivity index (χ2v) is 3.17. The molecular formula is C10H7Cl2NO2. The molecule has 3 nitrogen and oxygen atoms in total. The fraction of sp³-hybridized carbons (Fsp3) is 0.200. The van der Waals surface area contributed by atoms with E-state index in [0.29, 0.717) is 12.2 Å². The van der Waals surface area contributed by atoms with Crippen molar-refractivity contribution < 1.29 is 9.53 Å². The largest absolute Gasteiger partial charge is 0.456 e. The van der Waals surface area contributed by atoms with Crippen molar-refractivity contribution in [3.8, 4) is 11.8 Å². The Balaban J connectivity index is 2.89. The van der Waals surface area contributed by atoms with Gasteiger partial charge in [0.2, 0.25) is 0 Å². The number of esters is 1. The van der Waals surface area contributed by atoms with Gasteiger partial charge in [-0.05, 0) is 13.0 Å². The summed E-state index contributed by atoms with van der Waals surface area (Å²) in [6, 6.07) is 1.57. The number of aromatic nitrogens is 1. The first-order valence-corrected chi connectivity index (χ1v) is 4.89. The standard InChI is InChI=1S/C10H7Cl2NO2/c1-2-15-8(14)4-3-7-5-6-13-10(12)9(7)11/h5-6H,2H2,1H3. The van der Waals surface area contributed by atoms with Crippen molar-refractivity contribution in [1.29, 1.82) is 0 Å². The number of hydrogen-bond acceptors (Lipinski definition) is 3. The van der Waals surface area contributed by atoms with Gasteiger partial charge < -0.3 is 4.74 Å². The summed E-state index contributed by atoms with van der Waals surface area (Å²) in [6.45, 7) is 1.99. The smallest absolute Gasteiger partial charge is 0.384 e. The summed E-state index contributed by atoms with van der Waals surface area (Å²) in [5, 5.41) is 0.392. The van der Waals surface area contributed by atoms with Crippen LogP contribution in [0.5, 0.6) is 0 Å². The lowest BCUT2D eigenvalue weighted by Crippen LogP contribution is -1.99. The summed E-state index contributed by atoms with van der Waals surface area (Å²) in [5.41, 5.74) is 0.449. The Morgan fingerprint density at radius 3 is 3.00 bits per heavy atom. The zero-order valence-corrected chi connectivity index (χ0v) is 9.39. The number of hydrogen-bond donors (Lipinski definition) is 0. The minimum Gasteiger partial charge on any atom is -0.456 e. The maximum absolute atomic E-state index is 10.9. The third-order valence-electron chi connectivity index (χ3n) is 1.42. The monoisotopic (exact) mass is 243 g/mol. The molecule has 1 heterocycles. The lowest BCUT2D eigenvalue weighted by atomic mass is 10.3. The fourth-order valence-corrected chi connectivity index (χ4v) is 1.12. The molecule has 0 amide bonds. The minimum atomic E-state index is -0.596. The lowest BCUT2D eigenvalue weighted by Gasteiger charge is -1.96. The summed E-state index contributed by atoms with van der Waals surface area (Å²) in [5.74, 6) is 4.25. The maximum atomic E-state index is 10.9. The molecule has 5 heteroatoms. The van der Waals surface area contributed by atoms with Crippen LogP contribution in [-0.4, -0.2) is 17.6 Å². The predicted molar refractivity (Wildman–Crippen MR) is 57.8 cm³/mol. The van der Waals surface area contributed by atoms with Gasteiger partial charge in [0.05, 0.1) is 11.6 Å². The molecule has 0 atom stereocenters. The normalized spacial score (nSPS) is 9.00. The molecule has 0 aliphatic carbocycles. The molecule has 1 aromatic rings. The maximum Gasteiger partial charge on any atom is 0.384 e. The van der Waals surface area contributed by atoms with Gasteiger partial charge in [0.1, 0.15) is 5.15 Å². The van der Waals surface area contributed by atoms with Crippen molar-refractivity contribution >= 4 is 29.2 Å². The Hall–Kier alpha value is -1.24. The van der Waals surface area contributed by atoms with Gasteiger partial charge in [0, 0.05) is 17.7 Å². The number of rotatable bonds is 1. The van der Waals surface area contributed by atoms with Crippen molar-refractivity contribution in [2.45, 2.75) is 6.92 Å². The van der Waals surface area contributed by atoms with E-state index in [1.807, 2.05) is 0 Å². The molecule has 0 aliphatic rings. The molecule has 0 N–H and O–H groups in total. The van der Waals surface area contributed by atoms with Crippen LogP contribution in [0.3, 0.4) is 0 Å². The van der Waals surface area contributed by atoms with E-state index in [1.165, 1.54) is 6.20 Å². The van der Waals surface area contributed by atoms with E-state index < -0.39 is 5.97 Å². The highest BCUT2D eigenvalue weighted by Crippen LogP contribution is 2.21. The molecular weight excluding hydrogens is 237 g/mol. The molecule has 0 radical (unpaired) electrons. The SMILES string of the molecule is CCOC(=O)C#Cc1ccnc(Cl)c1Cl. The quantitative estimate of drug-likeness (QED) is 0.432. The van der Waals surface area contributed by atoms with Crippen molar-refractivity contribution in [2.75, 3.05) is 6.61 Å². The number of ether oxygens (including phenoxy) is 1. The lowest BCUT2D eigenvalue weighted by molar-refractivity contribution is -0.136. The Morgan fingerprint density at radius 1 is 1.60 bits per heavy atom. The second-order valence-electron chi connectivity index (χ2n) is 2.43. The third kappa shape index (κ3) is 3.43. The topological polar surface area (TPSA) is 39.2 Å². The number of carbonyl (C=O) groups excluding carboxylic acids is 1. The van der Waals surface area contributed by atoms with Crippen LogP contribution in [0, 0.1) is 11.8 Å². The summed E-state index contributed by atoms with van der Waals surface area (Å²) in [4.78, 5) is 14.7. The Labute approximate surface area is 97.4 Å². The predicted octanol–water partition coefficient (Wildman–Crippen LogP) is 2.30. The number of nitrogens with zero attached hydrogens (tertiary/aromatic N) is 1. The molecule has 0 unspecified atom stereocenters. The van der Waals surface area contributed by atoms with Gasteiger partial charge in [-0.1, -0.05) is 29.1 Å². The van der Waals surface area contributed by atoms with Gasteiger partial charge in [-0.25, -0.2) is 9.78 Å². The summed E-state index contributed by atoms with van der Waals surface area (Å²) in [6.07, 6.45) is 1.46. The van der Waals surface area contributed by atoms with Gasteiger partial charge in [0.15, 0.2) is 0 Å². The molecule has 78 valence electrons. The van der Waals surface area contributed by atoms with E-state index in [9.17, 15) is 4.79 Å². The van der Waals surface area contributed by atoms with Gasteiger partial charge in [-0.15, -0.1) is 0 Å². The highest BCUT2D eigenvalue weighted by Gasteiger charge is 2.02. The van der Waals surface area contributed by atoms with Crippen LogP contribution >= 0.6 is 23.2 Å². The van der Waals surface area contributed by atoms with E-state index in [-0.39, 0.29) is 10.2 Å². The van der Waals surface area contributed by atoms with Gasteiger partial charge in [-0.3, -0.25) is 0 Å². The van der Waals surface area contributed by atoms with Crippen molar-refractivity contribution in [3.63, 3.8) is 0 Å². The first kappa shape index (κ1) is 11.8. The summed E-state index contributed by atoms with van der Waals surface area (Å²) in [7, 11) is 0. The number of halogens is 2. The van der Waals surface area contributed by atoms with Crippen LogP contribution < -0.4 is 0 Å². The van der Waals surface area contributed by atoms with Crippen molar-refractivity contribution in [2.24, 2.45) is 0 Å². The number of carbonyl (C=O) groups is 1. The van der Waals surface area contributed by atoms with Gasteiger partial charge in [-0.2, -0.15) is 0 Å². The summed E-state index contributed by atoms with van der Waals surface area (Å²) >= 11 is 11.5. The molecule has 0 spiro atoms. The Morgan fingerprint density at radius 2 is 2.33 bits per heavy atom. The first-order valence-electron chi connectivity index (χ1n) is 4.14. The molecule has 0 saturated carbocycles. The van der Waals surface area contributed by atoms with Crippen LogP contribution in [0.15, 0.2) is 12.3 Å². The average Bonchev–Trinajstić information content (AvgIpc) is 2.21. The van der Waals surface area contributed by atoms with Gasteiger partial charge in [0.25, 0.3) is 0 Å². The van der Waals surface area contributed by atoms with Crippen molar-refractivity contribution in [3.05, 3.63) is 28.0 Å². The fourth-order valence-electron chi connectivity index (χ4n) is 0.800. The average molecular weight is 244 g/mol. The minimum absolute atomic E-state index is 0.160. The number of pyridine rings is 1. The zero-order valence-electron chi connectivity index (χ0n) is 7.88. The van der Waals surface area contributed by atoms with Crippen LogP contribution in [0.2, 0.25) is 10.2 Å². The van der Waals surface area contributed by atoms with E-state index in [2.05, 4.69) is 21.6 Å². The van der Waals surface area contributed by atoms with Crippen LogP contribution in [-0.2, 0) is 9.53 Å². The highest BCUT2D eigenvalue weighted by molar-refractivity contribution is 6.41. The molecule has 1 rings (SSSR count). The highest BCUT2D eigenvalue weighted by atomic mass is 35.5. The van der Waals surface area contributed by atoms with Crippen LogP contribution in [0.1, 0.15) is 12.5 Å². The van der Waals surface area contributed by atoms with E-state index in [0.717, 1.165) is 0 Å². The Bertz CT molecular complexity index is 435. The van der Waals surface area contributed by atoms with E-state index in [4.69, 9.17) is 23.2 Å². The van der Waals surface area contributed by atoms with Crippen LogP contribution in [0.4, 0.5) is 0 Å². The first-order chi connectivity index (χ1) is 7.15. The molecule has 0 aliphatic heterocycles.